The molecular weight excluding hydrogens is 515 g/mol. The van der Waals surface area contributed by atoms with E-state index >= 15 is 0 Å². The molecule has 2 bridgehead atoms. The number of benzene rings is 2. The van der Waals surface area contributed by atoms with Crippen molar-refractivity contribution in [2.45, 2.75) is 22.6 Å². The molecule has 2 aliphatic carbocycles. The molecule has 7 unspecified atom stereocenters. The Hall–Kier alpha value is -3.11. The molecule has 3 heterocycles. The van der Waals surface area contributed by atoms with Crippen LogP contribution in [0.5, 0.6) is 11.5 Å². The first-order chi connectivity index (χ1) is 17.9. The molecule has 2 amide bonds. The first-order valence-corrected chi connectivity index (χ1v) is 13.9. The second-order valence-corrected chi connectivity index (χ2v) is 12.3. The molecule has 1 saturated heterocycles. The normalized spacial score (nSPS) is 31.3. The number of nitrogens with zero attached hydrogens (tertiary/aromatic N) is 1. The van der Waals surface area contributed by atoms with Gasteiger partial charge in [0.05, 0.1) is 36.8 Å². The minimum absolute atomic E-state index is 0.00199. The highest BCUT2D eigenvalue weighted by Crippen LogP contribution is 2.68. The van der Waals surface area contributed by atoms with Gasteiger partial charge in [0.25, 0.3) is 0 Å². The number of methoxy groups -OCH3 is 2. The van der Waals surface area contributed by atoms with Crippen LogP contribution in [0.4, 0.5) is 10.1 Å². The van der Waals surface area contributed by atoms with Gasteiger partial charge in [0.1, 0.15) is 5.82 Å². The Balaban J connectivity index is 1.32. The van der Waals surface area contributed by atoms with Gasteiger partial charge in [-0.25, -0.2) is 4.39 Å². The molecule has 3 aromatic rings. The van der Waals surface area contributed by atoms with Crippen LogP contribution in [0.25, 0.3) is 0 Å². The van der Waals surface area contributed by atoms with E-state index in [2.05, 4.69) is 4.98 Å². The average molecular weight is 539 g/mol. The Labute approximate surface area is 220 Å². The van der Waals surface area contributed by atoms with Gasteiger partial charge in [-0.15, -0.1) is 11.8 Å². The summed E-state index contributed by atoms with van der Waals surface area (Å²) in [6.07, 6.45) is 0.801. The van der Waals surface area contributed by atoms with Crippen molar-refractivity contribution in [1.82, 2.24) is 4.98 Å². The third-order valence-corrected chi connectivity index (χ3v) is 11.2. The molecule has 4 aliphatic rings. The van der Waals surface area contributed by atoms with E-state index < -0.39 is 17.7 Å². The molecule has 7 atom stereocenters. The molecule has 2 aliphatic heterocycles. The number of ether oxygens (including phenoxy) is 2. The number of H-pyrrole nitrogens is 1. The third-order valence-electron chi connectivity index (χ3n) is 8.58. The van der Waals surface area contributed by atoms with Gasteiger partial charge >= 0.3 is 4.87 Å². The molecule has 10 heteroatoms. The largest absolute Gasteiger partial charge is 0.493 e. The van der Waals surface area contributed by atoms with Crippen LogP contribution < -0.4 is 19.2 Å². The van der Waals surface area contributed by atoms with Crippen LogP contribution in [-0.2, 0) is 9.59 Å². The molecule has 0 spiro atoms. The van der Waals surface area contributed by atoms with Crippen LogP contribution in [0.15, 0.2) is 52.3 Å². The zero-order valence-corrected chi connectivity index (χ0v) is 21.6. The number of aromatic nitrogens is 1. The Morgan fingerprint density at radius 3 is 2.35 bits per heavy atom. The standard InChI is InChI=1S/C27H23FN2O5S2/c1-34-16-8-3-11(9-17(16)35-2)18-19-14-10-15(22(19)36-24-23(18)37-27(33)29-24)21-20(14)25(31)30(26(21)32)13-6-4-12(28)5-7-13/h3-9,14-15,18-22H,10H2,1-2H3,(H,29,33). The van der Waals surface area contributed by atoms with Gasteiger partial charge in [-0.05, 0) is 66.1 Å². The zero-order chi connectivity index (χ0) is 25.6. The van der Waals surface area contributed by atoms with E-state index in [-0.39, 0.29) is 45.6 Å². The second-order valence-electron chi connectivity index (χ2n) is 10.1. The number of hydrogen-bond acceptors (Lipinski definition) is 7. The fraction of sp³-hybridized carbons (Fsp3) is 0.370. The highest BCUT2D eigenvalue weighted by molar-refractivity contribution is 8.00. The van der Waals surface area contributed by atoms with E-state index in [4.69, 9.17) is 9.47 Å². The Morgan fingerprint density at radius 2 is 1.65 bits per heavy atom. The summed E-state index contributed by atoms with van der Waals surface area (Å²) in [4.78, 5) is 44.9. The molecule has 1 aromatic heterocycles. The van der Waals surface area contributed by atoms with Crippen molar-refractivity contribution in [3.05, 3.63) is 68.4 Å². The topological polar surface area (TPSA) is 88.7 Å². The molecule has 7 nitrogen and oxygen atoms in total. The number of halogens is 1. The zero-order valence-electron chi connectivity index (χ0n) is 20.0. The number of anilines is 1. The van der Waals surface area contributed by atoms with Crippen molar-refractivity contribution in [3.8, 4) is 11.5 Å². The monoisotopic (exact) mass is 538 g/mol. The van der Waals surface area contributed by atoms with Crippen molar-refractivity contribution >= 4 is 40.6 Å². The second kappa shape index (κ2) is 8.19. The summed E-state index contributed by atoms with van der Waals surface area (Å²) in [6.45, 7) is 0. The fourth-order valence-electron chi connectivity index (χ4n) is 7.28. The lowest BCUT2D eigenvalue weighted by Crippen LogP contribution is -2.42. The minimum Gasteiger partial charge on any atom is -0.493 e. The van der Waals surface area contributed by atoms with Gasteiger partial charge in [0.15, 0.2) is 11.5 Å². The number of amides is 2. The number of thiazole rings is 1. The molecule has 190 valence electrons. The summed E-state index contributed by atoms with van der Waals surface area (Å²) in [5.41, 5.74) is 1.42. The lowest BCUT2D eigenvalue weighted by Gasteiger charge is -2.43. The quantitative estimate of drug-likeness (QED) is 0.499. The first-order valence-electron chi connectivity index (χ1n) is 12.2. The van der Waals surface area contributed by atoms with Crippen LogP contribution in [-0.4, -0.2) is 36.3 Å². The van der Waals surface area contributed by atoms with E-state index in [9.17, 15) is 18.8 Å². The van der Waals surface area contributed by atoms with E-state index in [1.807, 2.05) is 18.2 Å². The van der Waals surface area contributed by atoms with Crippen molar-refractivity contribution < 1.29 is 23.5 Å². The number of carbonyl (C=O) groups is 2. The van der Waals surface area contributed by atoms with Crippen molar-refractivity contribution in [2.75, 3.05) is 19.1 Å². The Bertz CT molecular complexity index is 1500. The number of hydrogen-bond donors (Lipinski definition) is 1. The third kappa shape index (κ3) is 3.15. The van der Waals surface area contributed by atoms with Crippen LogP contribution in [0.1, 0.15) is 22.8 Å². The van der Waals surface area contributed by atoms with Crippen LogP contribution in [0.3, 0.4) is 0 Å². The lowest BCUT2D eigenvalue weighted by molar-refractivity contribution is -0.123. The van der Waals surface area contributed by atoms with Crippen LogP contribution >= 0.6 is 23.1 Å². The molecule has 37 heavy (non-hydrogen) atoms. The number of carbonyl (C=O) groups excluding carboxylic acids is 2. The molecule has 2 saturated carbocycles. The molecular formula is C27H23FN2O5S2. The molecule has 7 rings (SSSR count). The van der Waals surface area contributed by atoms with Crippen LogP contribution in [0, 0.1) is 35.4 Å². The predicted octanol–water partition coefficient (Wildman–Crippen LogP) is 4.27. The maximum Gasteiger partial charge on any atom is 0.305 e. The number of imide groups is 1. The summed E-state index contributed by atoms with van der Waals surface area (Å²) in [5, 5.41) is 0.944. The van der Waals surface area contributed by atoms with Crippen molar-refractivity contribution in [2.24, 2.45) is 29.6 Å². The van der Waals surface area contributed by atoms with E-state index in [1.165, 1.54) is 40.5 Å². The number of thioether (sulfide) groups is 1. The summed E-state index contributed by atoms with van der Waals surface area (Å²) in [5.74, 6) is -0.394. The van der Waals surface area contributed by atoms with Crippen molar-refractivity contribution in [3.63, 3.8) is 0 Å². The molecule has 2 aromatic carbocycles. The smallest absolute Gasteiger partial charge is 0.305 e. The minimum atomic E-state index is -0.413. The lowest BCUT2D eigenvalue weighted by atomic mass is 9.68. The van der Waals surface area contributed by atoms with Gasteiger partial charge < -0.3 is 14.5 Å². The van der Waals surface area contributed by atoms with Gasteiger partial charge in [0, 0.05) is 16.0 Å². The van der Waals surface area contributed by atoms with Gasteiger partial charge in [-0.2, -0.15) is 0 Å². The summed E-state index contributed by atoms with van der Waals surface area (Å²) in [6, 6.07) is 11.4. The van der Waals surface area contributed by atoms with E-state index in [0.717, 1.165) is 21.9 Å². The van der Waals surface area contributed by atoms with Crippen molar-refractivity contribution in [1.29, 1.82) is 0 Å². The maximum absolute atomic E-state index is 13.7. The molecule has 0 radical (unpaired) electrons. The Kier molecular flexibility index (Phi) is 5.10. The predicted molar refractivity (Wildman–Crippen MR) is 137 cm³/mol. The summed E-state index contributed by atoms with van der Waals surface area (Å²) < 4.78 is 24.6. The molecule has 1 N–H and O–H groups in total. The van der Waals surface area contributed by atoms with Crippen LogP contribution in [0.2, 0.25) is 0 Å². The van der Waals surface area contributed by atoms with Gasteiger partial charge in [0.2, 0.25) is 11.8 Å². The highest BCUT2D eigenvalue weighted by Gasteiger charge is 2.69. The number of rotatable bonds is 4. The number of fused-ring (bicyclic) bond motifs is 9. The highest BCUT2D eigenvalue weighted by atomic mass is 32.2. The summed E-state index contributed by atoms with van der Waals surface area (Å²) in [7, 11) is 3.18. The SMILES string of the molecule is COc1ccc(C2c3sc(=O)[nH]c3SC3C4CC(C5C(=O)N(c6ccc(F)cc6)C(=O)C45)C23)cc1OC. The van der Waals surface area contributed by atoms with Gasteiger partial charge in [-0.3, -0.25) is 19.3 Å². The van der Waals surface area contributed by atoms with Gasteiger partial charge in [-0.1, -0.05) is 17.4 Å². The van der Waals surface area contributed by atoms with E-state index in [1.54, 1.807) is 26.0 Å². The summed E-state index contributed by atoms with van der Waals surface area (Å²) >= 11 is 2.86. The number of nitrogens with one attached hydrogen (secondary N) is 1. The number of aromatic amines is 1. The Morgan fingerprint density at radius 1 is 0.946 bits per heavy atom. The van der Waals surface area contributed by atoms with E-state index in [0.29, 0.717) is 17.2 Å². The first kappa shape index (κ1) is 23.0. The average Bonchev–Trinajstić information content (AvgIpc) is 3.63. The molecule has 3 fully saturated rings. The fourth-order valence-corrected chi connectivity index (χ4v) is 10.2. The maximum atomic E-state index is 13.7.